The topological polar surface area (TPSA) is 20.3 Å². The fourth-order valence-electron chi connectivity index (χ4n) is 1.82. The average Bonchev–Trinajstić information content (AvgIpc) is 2.16. The van der Waals surface area contributed by atoms with Crippen LogP contribution in [0.2, 0.25) is 0 Å². The molecule has 0 aromatic heterocycles. The van der Waals surface area contributed by atoms with Gasteiger partial charge in [-0.1, -0.05) is 20.8 Å². The zero-order chi connectivity index (χ0) is 9.35. The van der Waals surface area contributed by atoms with Gasteiger partial charge in [0.15, 0.2) is 0 Å². The van der Waals surface area contributed by atoms with Gasteiger partial charge in [-0.3, -0.25) is 4.79 Å². The molecule has 0 radical (unpaired) electrons. The number of amides is 1. The van der Waals surface area contributed by atoms with Crippen molar-refractivity contribution >= 4 is 5.91 Å². The largest absolute Gasteiger partial charge is 0.345 e. The number of carbonyl (C=O) groups is 1. The molecule has 1 rings (SSSR count). The fraction of sp³-hybridized carbons (Fsp3) is 0.900. The minimum Gasteiger partial charge on any atom is -0.345 e. The van der Waals surface area contributed by atoms with Crippen LogP contribution in [0.1, 0.15) is 33.6 Å². The predicted molar refractivity (Wildman–Crippen MR) is 49.8 cm³/mol. The molecule has 1 amide bonds. The maximum absolute atomic E-state index is 11.5. The van der Waals surface area contributed by atoms with Gasteiger partial charge < -0.3 is 4.90 Å². The van der Waals surface area contributed by atoms with Gasteiger partial charge in [0.25, 0.3) is 0 Å². The Kier molecular flexibility index (Phi) is 2.45. The molecule has 1 fully saturated rings. The van der Waals surface area contributed by atoms with E-state index >= 15 is 0 Å². The number of nitrogens with zero attached hydrogens (tertiary/aromatic N) is 1. The summed E-state index contributed by atoms with van der Waals surface area (Å²) in [6.45, 7) is 7.52. The van der Waals surface area contributed by atoms with Crippen LogP contribution in [-0.2, 0) is 4.79 Å². The molecule has 70 valence electrons. The summed E-state index contributed by atoms with van der Waals surface area (Å²) >= 11 is 0. The minimum absolute atomic E-state index is 0.283. The van der Waals surface area contributed by atoms with E-state index in [1.807, 2.05) is 11.9 Å². The first-order valence-electron chi connectivity index (χ1n) is 4.65. The SMILES string of the molecule is CN1CCC(CC(C)(C)C)C1=O. The van der Waals surface area contributed by atoms with Crippen LogP contribution in [0.4, 0.5) is 0 Å². The number of hydrogen-bond donors (Lipinski definition) is 0. The van der Waals surface area contributed by atoms with Gasteiger partial charge >= 0.3 is 0 Å². The van der Waals surface area contributed by atoms with Crippen molar-refractivity contribution in [3.8, 4) is 0 Å². The Labute approximate surface area is 74.9 Å². The second-order valence-electron chi connectivity index (χ2n) is 5.01. The molecule has 1 aliphatic heterocycles. The number of likely N-dealkylation sites (tertiary alicyclic amines) is 1. The lowest BCUT2D eigenvalue weighted by Crippen LogP contribution is -2.25. The lowest BCUT2D eigenvalue weighted by atomic mass is 9.84. The van der Waals surface area contributed by atoms with E-state index in [-0.39, 0.29) is 11.3 Å². The molecule has 0 N–H and O–H groups in total. The highest BCUT2D eigenvalue weighted by atomic mass is 16.2. The quantitative estimate of drug-likeness (QED) is 0.587. The number of rotatable bonds is 1. The molecule has 0 spiro atoms. The standard InChI is InChI=1S/C10H19NO/c1-10(2,3)7-8-5-6-11(4)9(8)12/h8H,5-7H2,1-4H3. The van der Waals surface area contributed by atoms with Crippen molar-refractivity contribution in [2.24, 2.45) is 11.3 Å². The molecule has 0 bridgehead atoms. The number of hydrogen-bond acceptors (Lipinski definition) is 1. The molecule has 0 aromatic rings. The Hall–Kier alpha value is -0.530. The maximum Gasteiger partial charge on any atom is 0.225 e. The van der Waals surface area contributed by atoms with Crippen LogP contribution < -0.4 is 0 Å². The molecule has 2 heteroatoms. The van der Waals surface area contributed by atoms with Crippen LogP contribution in [0, 0.1) is 11.3 Å². The predicted octanol–water partition coefficient (Wildman–Crippen LogP) is 1.90. The lowest BCUT2D eigenvalue weighted by Gasteiger charge is -2.21. The molecule has 12 heavy (non-hydrogen) atoms. The summed E-state index contributed by atoms with van der Waals surface area (Å²) in [4.78, 5) is 13.4. The Morgan fingerprint density at radius 3 is 2.42 bits per heavy atom. The summed E-state index contributed by atoms with van der Waals surface area (Å²) < 4.78 is 0. The lowest BCUT2D eigenvalue weighted by molar-refractivity contribution is -0.130. The van der Waals surface area contributed by atoms with Crippen LogP contribution in [0.15, 0.2) is 0 Å². The Bertz CT molecular complexity index is 181. The van der Waals surface area contributed by atoms with E-state index in [0.717, 1.165) is 19.4 Å². The molecule has 0 aliphatic carbocycles. The van der Waals surface area contributed by atoms with E-state index in [1.165, 1.54) is 0 Å². The Morgan fingerprint density at radius 2 is 2.08 bits per heavy atom. The molecule has 1 unspecified atom stereocenters. The van der Waals surface area contributed by atoms with Crippen LogP contribution in [-0.4, -0.2) is 24.4 Å². The summed E-state index contributed by atoms with van der Waals surface area (Å²) in [5.41, 5.74) is 0.283. The highest BCUT2D eigenvalue weighted by Gasteiger charge is 2.31. The van der Waals surface area contributed by atoms with E-state index in [9.17, 15) is 4.79 Å². The van der Waals surface area contributed by atoms with Gasteiger partial charge in [-0.2, -0.15) is 0 Å². The Balaban J connectivity index is 2.50. The summed E-state index contributed by atoms with van der Waals surface area (Å²) in [6.07, 6.45) is 2.07. The van der Waals surface area contributed by atoms with Crippen molar-refractivity contribution in [3.05, 3.63) is 0 Å². The summed E-state index contributed by atoms with van der Waals surface area (Å²) in [6, 6.07) is 0. The third kappa shape index (κ3) is 2.23. The van der Waals surface area contributed by atoms with Crippen molar-refractivity contribution in [2.45, 2.75) is 33.6 Å². The number of carbonyl (C=O) groups excluding carboxylic acids is 1. The van der Waals surface area contributed by atoms with Gasteiger partial charge in [-0.05, 0) is 18.3 Å². The first kappa shape index (κ1) is 9.56. The summed E-state index contributed by atoms with van der Waals surface area (Å²) in [5, 5.41) is 0. The van der Waals surface area contributed by atoms with Crippen molar-refractivity contribution in [1.82, 2.24) is 4.90 Å². The fourth-order valence-corrected chi connectivity index (χ4v) is 1.82. The van der Waals surface area contributed by atoms with E-state index in [2.05, 4.69) is 20.8 Å². The smallest absolute Gasteiger partial charge is 0.225 e. The molecule has 2 nitrogen and oxygen atoms in total. The van der Waals surface area contributed by atoms with E-state index in [1.54, 1.807) is 0 Å². The highest BCUT2D eigenvalue weighted by Crippen LogP contribution is 2.30. The normalized spacial score (nSPS) is 25.2. The highest BCUT2D eigenvalue weighted by molar-refractivity contribution is 5.80. The van der Waals surface area contributed by atoms with Gasteiger partial charge in [0.1, 0.15) is 0 Å². The van der Waals surface area contributed by atoms with Crippen LogP contribution in [0.3, 0.4) is 0 Å². The maximum atomic E-state index is 11.5. The molecule has 1 atom stereocenters. The first-order valence-corrected chi connectivity index (χ1v) is 4.65. The van der Waals surface area contributed by atoms with Gasteiger partial charge in [0.05, 0.1) is 0 Å². The second-order valence-corrected chi connectivity index (χ2v) is 5.01. The summed E-state index contributed by atoms with van der Waals surface area (Å²) in [5.74, 6) is 0.625. The molecule has 1 saturated heterocycles. The molecule has 1 aliphatic rings. The van der Waals surface area contributed by atoms with Crippen molar-refractivity contribution in [2.75, 3.05) is 13.6 Å². The van der Waals surface area contributed by atoms with Crippen molar-refractivity contribution in [1.29, 1.82) is 0 Å². The molecular weight excluding hydrogens is 150 g/mol. The molecular formula is C10H19NO. The third-order valence-electron chi connectivity index (χ3n) is 2.40. The zero-order valence-electron chi connectivity index (χ0n) is 8.55. The van der Waals surface area contributed by atoms with Gasteiger partial charge in [-0.15, -0.1) is 0 Å². The third-order valence-corrected chi connectivity index (χ3v) is 2.40. The van der Waals surface area contributed by atoms with Crippen LogP contribution in [0.5, 0.6) is 0 Å². The zero-order valence-corrected chi connectivity index (χ0v) is 8.55. The minimum atomic E-state index is 0.283. The van der Waals surface area contributed by atoms with Crippen molar-refractivity contribution in [3.63, 3.8) is 0 Å². The van der Waals surface area contributed by atoms with E-state index < -0.39 is 0 Å². The van der Waals surface area contributed by atoms with Crippen molar-refractivity contribution < 1.29 is 4.79 Å². The molecule has 0 aromatic carbocycles. The van der Waals surface area contributed by atoms with Gasteiger partial charge in [-0.25, -0.2) is 0 Å². The first-order chi connectivity index (χ1) is 5.40. The molecule has 1 heterocycles. The second kappa shape index (κ2) is 3.08. The van der Waals surface area contributed by atoms with E-state index in [4.69, 9.17) is 0 Å². The molecule has 0 saturated carbocycles. The van der Waals surface area contributed by atoms with Gasteiger partial charge in [0, 0.05) is 19.5 Å². The van der Waals surface area contributed by atoms with Crippen LogP contribution >= 0.6 is 0 Å². The van der Waals surface area contributed by atoms with E-state index in [0.29, 0.717) is 5.91 Å². The monoisotopic (exact) mass is 169 g/mol. The average molecular weight is 169 g/mol. The Morgan fingerprint density at radius 1 is 1.50 bits per heavy atom. The van der Waals surface area contributed by atoms with Crippen LogP contribution in [0.25, 0.3) is 0 Å². The summed E-state index contributed by atoms with van der Waals surface area (Å²) in [7, 11) is 1.89. The van der Waals surface area contributed by atoms with Gasteiger partial charge in [0.2, 0.25) is 5.91 Å².